The number of anilines is 1. The zero-order chi connectivity index (χ0) is 21.5. The second-order valence-corrected chi connectivity index (χ2v) is 6.17. The molecule has 0 saturated carbocycles. The van der Waals surface area contributed by atoms with Crippen LogP contribution >= 0.6 is 0 Å². The number of ether oxygens (including phenoxy) is 4. The number of rotatable bonds is 9. The summed E-state index contributed by atoms with van der Waals surface area (Å²) in [6.07, 6.45) is 6.56. The second-order valence-electron chi connectivity index (χ2n) is 6.17. The lowest BCUT2D eigenvalue weighted by Crippen LogP contribution is -2.06. The van der Waals surface area contributed by atoms with E-state index in [1.165, 1.54) is 26.6 Å². The number of benzene rings is 1. The van der Waals surface area contributed by atoms with Gasteiger partial charge in [-0.15, -0.1) is 0 Å². The average Bonchev–Trinajstić information content (AvgIpc) is 3.19. The van der Waals surface area contributed by atoms with Crippen LogP contribution in [0, 0.1) is 0 Å². The van der Waals surface area contributed by atoms with Crippen molar-refractivity contribution in [3.63, 3.8) is 0 Å². The molecule has 158 valence electrons. The van der Waals surface area contributed by atoms with Crippen molar-refractivity contribution in [1.82, 2.24) is 19.5 Å². The standard InChI is InChI=1S/C20H23N5O5/c1-27-14-10-16(29-3)15(28-2)9-13(14)5-6-17(26)30-8-4-7-25-12-24-18-19(21)22-11-23-20(18)25/h5-6,9-12H,4,7-8H2,1-3H3,(H2,21,22,23)/b6-5+. The third-order valence-electron chi connectivity index (χ3n) is 4.35. The SMILES string of the molecule is COc1cc(OC)c(OC)cc1/C=C/C(=O)OCCCn1cnc2c(N)ncnc21. The van der Waals surface area contributed by atoms with Crippen molar-refractivity contribution in [3.05, 3.63) is 36.4 Å². The molecule has 3 rings (SSSR count). The maximum atomic E-state index is 12.0. The predicted octanol–water partition coefficient (Wildman–Crippen LogP) is 2.08. The minimum atomic E-state index is -0.464. The van der Waals surface area contributed by atoms with Crippen LogP contribution in [0.4, 0.5) is 5.82 Å². The first-order chi connectivity index (χ1) is 14.6. The molecular weight excluding hydrogens is 390 g/mol. The number of nitrogen functional groups attached to an aromatic ring is 1. The van der Waals surface area contributed by atoms with Crippen LogP contribution in [0.3, 0.4) is 0 Å². The minimum absolute atomic E-state index is 0.243. The third-order valence-corrected chi connectivity index (χ3v) is 4.35. The first kappa shape index (κ1) is 20.9. The molecule has 0 aliphatic carbocycles. The van der Waals surface area contributed by atoms with E-state index in [0.29, 0.717) is 52.8 Å². The Morgan fingerprint density at radius 2 is 1.80 bits per heavy atom. The number of imidazole rings is 1. The van der Waals surface area contributed by atoms with E-state index < -0.39 is 5.97 Å². The van der Waals surface area contributed by atoms with Crippen LogP contribution in [-0.4, -0.2) is 53.4 Å². The topological polar surface area (TPSA) is 124 Å². The Kier molecular flexibility index (Phi) is 6.68. The Balaban J connectivity index is 1.55. The monoisotopic (exact) mass is 413 g/mol. The summed E-state index contributed by atoms with van der Waals surface area (Å²) in [6.45, 7) is 0.819. The molecule has 0 aliphatic heterocycles. The van der Waals surface area contributed by atoms with Gasteiger partial charge in [-0.25, -0.2) is 19.7 Å². The zero-order valence-corrected chi connectivity index (χ0v) is 17.0. The van der Waals surface area contributed by atoms with Crippen LogP contribution in [0.1, 0.15) is 12.0 Å². The highest BCUT2D eigenvalue weighted by Crippen LogP contribution is 2.35. The summed E-state index contributed by atoms with van der Waals surface area (Å²) >= 11 is 0. The molecule has 0 atom stereocenters. The fourth-order valence-electron chi connectivity index (χ4n) is 2.86. The average molecular weight is 413 g/mol. The van der Waals surface area contributed by atoms with Crippen molar-refractivity contribution in [2.75, 3.05) is 33.7 Å². The van der Waals surface area contributed by atoms with Crippen LogP contribution in [0.5, 0.6) is 17.2 Å². The van der Waals surface area contributed by atoms with Gasteiger partial charge in [-0.3, -0.25) is 0 Å². The van der Waals surface area contributed by atoms with Crippen molar-refractivity contribution >= 4 is 29.0 Å². The molecule has 0 bridgehead atoms. The molecule has 2 heterocycles. The van der Waals surface area contributed by atoms with Gasteiger partial charge in [0.05, 0.1) is 34.3 Å². The first-order valence-corrected chi connectivity index (χ1v) is 9.13. The Morgan fingerprint density at radius 3 is 2.53 bits per heavy atom. The summed E-state index contributed by atoms with van der Waals surface area (Å²) in [5.74, 6) is 1.48. The van der Waals surface area contributed by atoms with Gasteiger partial charge in [-0.05, 0) is 18.6 Å². The highest BCUT2D eigenvalue weighted by Gasteiger charge is 2.11. The van der Waals surface area contributed by atoms with Gasteiger partial charge in [0.1, 0.15) is 17.6 Å². The van der Waals surface area contributed by atoms with E-state index in [1.54, 1.807) is 31.6 Å². The van der Waals surface area contributed by atoms with Gasteiger partial charge in [-0.1, -0.05) is 0 Å². The molecule has 0 spiro atoms. The van der Waals surface area contributed by atoms with Crippen molar-refractivity contribution < 1.29 is 23.7 Å². The third kappa shape index (κ3) is 4.59. The Hall–Kier alpha value is -3.82. The number of nitrogens with two attached hydrogens (primary N) is 1. The highest BCUT2D eigenvalue weighted by atomic mass is 16.5. The summed E-state index contributed by atoms with van der Waals surface area (Å²) in [5, 5.41) is 0. The summed E-state index contributed by atoms with van der Waals surface area (Å²) in [7, 11) is 4.61. The quantitative estimate of drug-likeness (QED) is 0.319. The van der Waals surface area contributed by atoms with Crippen LogP contribution < -0.4 is 19.9 Å². The van der Waals surface area contributed by atoms with E-state index >= 15 is 0 Å². The van der Waals surface area contributed by atoms with E-state index in [-0.39, 0.29) is 6.61 Å². The minimum Gasteiger partial charge on any atom is -0.496 e. The molecule has 0 aliphatic rings. The molecule has 0 fully saturated rings. The number of hydrogen-bond donors (Lipinski definition) is 1. The molecule has 30 heavy (non-hydrogen) atoms. The Bertz CT molecular complexity index is 1060. The van der Waals surface area contributed by atoms with Gasteiger partial charge in [0.15, 0.2) is 23.0 Å². The molecular formula is C20H23N5O5. The number of fused-ring (bicyclic) bond motifs is 1. The number of carbonyl (C=O) groups excluding carboxylic acids is 1. The van der Waals surface area contributed by atoms with Crippen molar-refractivity contribution in [2.45, 2.75) is 13.0 Å². The van der Waals surface area contributed by atoms with Gasteiger partial charge in [0.2, 0.25) is 0 Å². The molecule has 0 unspecified atom stereocenters. The number of methoxy groups -OCH3 is 3. The summed E-state index contributed by atoms with van der Waals surface area (Å²) in [4.78, 5) is 24.3. The first-order valence-electron chi connectivity index (χ1n) is 9.13. The van der Waals surface area contributed by atoms with Gasteiger partial charge >= 0.3 is 5.97 Å². The van der Waals surface area contributed by atoms with Gasteiger partial charge < -0.3 is 29.2 Å². The molecule has 2 aromatic heterocycles. The lowest BCUT2D eigenvalue weighted by atomic mass is 10.1. The van der Waals surface area contributed by atoms with Crippen molar-refractivity contribution in [3.8, 4) is 17.2 Å². The van der Waals surface area contributed by atoms with E-state index in [4.69, 9.17) is 24.7 Å². The normalized spacial score (nSPS) is 11.0. The fourth-order valence-corrected chi connectivity index (χ4v) is 2.86. The smallest absolute Gasteiger partial charge is 0.330 e. The molecule has 0 saturated heterocycles. The number of aromatic nitrogens is 4. The second kappa shape index (κ2) is 9.59. The highest BCUT2D eigenvalue weighted by molar-refractivity contribution is 5.88. The van der Waals surface area contributed by atoms with Gasteiger partial charge in [0, 0.05) is 24.3 Å². The van der Waals surface area contributed by atoms with Crippen LogP contribution in [0.2, 0.25) is 0 Å². The molecule has 10 heteroatoms. The van der Waals surface area contributed by atoms with Crippen LogP contribution in [0.15, 0.2) is 30.9 Å². The van der Waals surface area contributed by atoms with E-state index in [2.05, 4.69) is 15.0 Å². The summed E-state index contributed by atoms with van der Waals surface area (Å²) < 4.78 is 23.0. The molecule has 3 aromatic rings. The summed E-state index contributed by atoms with van der Waals surface area (Å²) in [6, 6.07) is 3.41. The number of esters is 1. The number of nitrogens with zero attached hydrogens (tertiary/aromatic N) is 4. The predicted molar refractivity (Wildman–Crippen MR) is 110 cm³/mol. The lowest BCUT2D eigenvalue weighted by Gasteiger charge is -2.12. The largest absolute Gasteiger partial charge is 0.496 e. The van der Waals surface area contributed by atoms with E-state index in [0.717, 1.165) is 0 Å². The van der Waals surface area contributed by atoms with E-state index in [1.807, 2.05) is 4.57 Å². The molecule has 1 aromatic carbocycles. The molecule has 0 radical (unpaired) electrons. The Labute approximate surface area is 173 Å². The lowest BCUT2D eigenvalue weighted by molar-refractivity contribution is -0.137. The van der Waals surface area contributed by atoms with Crippen LogP contribution in [-0.2, 0) is 16.1 Å². The number of hydrogen-bond acceptors (Lipinski definition) is 9. The molecule has 10 nitrogen and oxygen atoms in total. The summed E-state index contributed by atoms with van der Waals surface area (Å²) in [5.41, 5.74) is 7.64. The van der Waals surface area contributed by atoms with E-state index in [9.17, 15) is 4.79 Å². The fraction of sp³-hybridized carbons (Fsp3) is 0.300. The maximum Gasteiger partial charge on any atom is 0.330 e. The zero-order valence-electron chi connectivity index (χ0n) is 17.0. The number of aryl methyl sites for hydroxylation is 1. The van der Waals surface area contributed by atoms with Crippen molar-refractivity contribution in [2.24, 2.45) is 0 Å². The van der Waals surface area contributed by atoms with Gasteiger partial charge in [0.25, 0.3) is 0 Å². The Morgan fingerprint density at radius 1 is 1.07 bits per heavy atom. The molecule has 0 amide bonds. The molecule has 2 N–H and O–H groups in total. The van der Waals surface area contributed by atoms with Gasteiger partial charge in [-0.2, -0.15) is 0 Å². The van der Waals surface area contributed by atoms with Crippen LogP contribution in [0.25, 0.3) is 17.2 Å². The van der Waals surface area contributed by atoms with Crippen molar-refractivity contribution in [1.29, 1.82) is 0 Å². The maximum absolute atomic E-state index is 12.0. The number of carbonyl (C=O) groups is 1.